The largest absolute Gasteiger partial charge is 0.459 e. The molecule has 0 aromatic carbocycles. The highest BCUT2D eigenvalue weighted by Crippen LogP contribution is 2.40. The molecule has 0 rings (SSSR count). The molecule has 0 heterocycles. The quantitative estimate of drug-likeness (QED) is 0.0574. The summed E-state index contributed by atoms with van der Waals surface area (Å²) < 4.78 is 17.2. The van der Waals surface area contributed by atoms with Crippen molar-refractivity contribution in [3.63, 3.8) is 0 Å². The average Bonchev–Trinajstić information content (AvgIpc) is 2.82. The fraction of sp³-hybridized carbons (Fsp3) is 0.816. The number of nitrogens with two attached hydrogens (primary N) is 1. The van der Waals surface area contributed by atoms with E-state index in [1.54, 1.807) is 33.8 Å². The van der Waals surface area contributed by atoms with Crippen molar-refractivity contribution in [2.75, 3.05) is 20.6 Å². The predicted octanol–water partition coefficient (Wildman–Crippen LogP) is 6.61. The fourth-order valence-electron chi connectivity index (χ4n) is 6.35. The SMILES string of the molecule is CC(C)CC(C)(C)OC(=O)CC(=O)C(C)(N)/C=C/C(OC(=O)CCCN(C)C)C(C)(C)CC(C)(C)C(=O)CC(=O)OC(C)(C)CC(C)C. The van der Waals surface area contributed by atoms with Crippen LogP contribution in [0.4, 0.5) is 0 Å². The standard InChI is InChI=1S/C38H68N2O8/c1-26(2)23-36(9,10)47-32(44)21-28(41)34(5,6)25-35(7,8)30(46-31(43)17-16-20-40(14)15)18-19-38(13,39)29(42)22-33(45)48-37(11,12)24-27(3)4/h18-19,26-27,30H,16-17,20-25,39H2,1-15H3/b19-18+. The molecule has 2 atom stereocenters. The lowest BCUT2D eigenvalue weighted by atomic mass is 9.69. The number of ether oxygens (including phenoxy) is 3. The molecule has 0 aliphatic heterocycles. The summed E-state index contributed by atoms with van der Waals surface area (Å²) in [6.07, 6.45) is 3.56. The van der Waals surface area contributed by atoms with Crippen LogP contribution in [-0.2, 0) is 38.2 Å². The van der Waals surface area contributed by atoms with Gasteiger partial charge in [0.05, 0.1) is 5.54 Å². The van der Waals surface area contributed by atoms with Crippen molar-refractivity contribution < 1.29 is 38.2 Å². The third-order valence-corrected chi connectivity index (χ3v) is 8.08. The lowest BCUT2D eigenvalue weighted by Crippen LogP contribution is -2.45. The number of Topliss-reactive ketones (excluding diaryl/α,β-unsaturated/α-hetero) is 2. The van der Waals surface area contributed by atoms with Crippen molar-refractivity contribution in [1.82, 2.24) is 4.90 Å². The van der Waals surface area contributed by atoms with Crippen LogP contribution in [0.3, 0.4) is 0 Å². The molecule has 0 amide bonds. The number of rotatable bonds is 22. The van der Waals surface area contributed by atoms with Gasteiger partial charge in [-0.1, -0.05) is 61.5 Å². The Bertz CT molecular complexity index is 1130. The van der Waals surface area contributed by atoms with E-state index in [2.05, 4.69) is 0 Å². The van der Waals surface area contributed by atoms with Gasteiger partial charge in [0.1, 0.15) is 35.9 Å². The molecule has 0 spiro atoms. The van der Waals surface area contributed by atoms with Crippen molar-refractivity contribution in [3.05, 3.63) is 12.2 Å². The van der Waals surface area contributed by atoms with E-state index in [0.29, 0.717) is 37.6 Å². The Hall–Kier alpha value is -2.59. The highest BCUT2D eigenvalue weighted by molar-refractivity contribution is 6.02. The maximum atomic E-state index is 13.4. The molecule has 0 saturated carbocycles. The summed E-state index contributed by atoms with van der Waals surface area (Å²) >= 11 is 0. The lowest BCUT2D eigenvalue weighted by Gasteiger charge is -2.38. The summed E-state index contributed by atoms with van der Waals surface area (Å²) in [4.78, 5) is 67.0. The highest BCUT2D eigenvalue weighted by Gasteiger charge is 2.41. The second kappa shape index (κ2) is 18.4. The summed E-state index contributed by atoms with van der Waals surface area (Å²) in [5.41, 5.74) is 1.60. The summed E-state index contributed by atoms with van der Waals surface area (Å²) in [6.45, 7) is 24.8. The number of carbonyl (C=O) groups is 5. The normalized spacial score (nSPS) is 15.1. The van der Waals surface area contributed by atoms with Gasteiger partial charge in [0.2, 0.25) is 0 Å². The molecule has 0 radical (unpaired) electrons. The lowest BCUT2D eigenvalue weighted by molar-refractivity contribution is -0.161. The van der Waals surface area contributed by atoms with Crippen LogP contribution in [0.2, 0.25) is 0 Å². The topological polar surface area (TPSA) is 142 Å². The maximum Gasteiger partial charge on any atom is 0.313 e. The number of esters is 3. The van der Waals surface area contributed by atoms with Crippen LogP contribution in [0.1, 0.15) is 135 Å². The zero-order chi connectivity index (χ0) is 37.9. The Balaban J connectivity index is 6.05. The predicted molar refractivity (Wildman–Crippen MR) is 190 cm³/mol. The zero-order valence-corrected chi connectivity index (χ0v) is 32.8. The van der Waals surface area contributed by atoms with Gasteiger partial charge >= 0.3 is 17.9 Å². The molecule has 0 bridgehead atoms. The van der Waals surface area contributed by atoms with E-state index < -0.39 is 63.8 Å². The molecule has 0 aliphatic carbocycles. The summed E-state index contributed by atoms with van der Waals surface area (Å²) in [5.74, 6) is -1.90. The van der Waals surface area contributed by atoms with Gasteiger partial charge < -0.3 is 24.8 Å². The van der Waals surface area contributed by atoms with E-state index in [-0.39, 0.29) is 25.0 Å². The fourth-order valence-corrected chi connectivity index (χ4v) is 6.35. The van der Waals surface area contributed by atoms with Crippen molar-refractivity contribution in [3.8, 4) is 0 Å². The van der Waals surface area contributed by atoms with Gasteiger partial charge in [0.25, 0.3) is 0 Å². The van der Waals surface area contributed by atoms with Crippen LogP contribution < -0.4 is 5.73 Å². The Labute approximate surface area is 291 Å². The van der Waals surface area contributed by atoms with E-state index in [1.807, 2.05) is 74.4 Å². The molecule has 2 unspecified atom stereocenters. The van der Waals surface area contributed by atoms with Crippen LogP contribution in [0, 0.1) is 22.7 Å². The minimum Gasteiger partial charge on any atom is -0.459 e. The molecule has 278 valence electrons. The first-order valence-corrected chi connectivity index (χ1v) is 17.3. The molecule has 0 saturated heterocycles. The first-order chi connectivity index (χ1) is 21.5. The van der Waals surface area contributed by atoms with Gasteiger partial charge in [0.15, 0.2) is 5.78 Å². The summed E-state index contributed by atoms with van der Waals surface area (Å²) in [7, 11) is 3.83. The second-order valence-corrected chi connectivity index (χ2v) is 17.4. The summed E-state index contributed by atoms with van der Waals surface area (Å²) in [5, 5.41) is 0. The number of ketones is 2. The van der Waals surface area contributed by atoms with E-state index in [0.717, 1.165) is 0 Å². The zero-order valence-electron chi connectivity index (χ0n) is 32.8. The van der Waals surface area contributed by atoms with Crippen molar-refractivity contribution in [1.29, 1.82) is 0 Å². The Morgan fingerprint density at radius 3 is 1.56 bits per heavy atom. The number of hydrogen-bond acceptors (Lipinski definition) is 10. The van der Waals surface area contributed by atoms with Gasteiger partial charge in [-0.05, 0) is 98.9 Å². The highest BCUT2D eigenvalue weighted by atomic mass is 16.6. The second-order valence-electron chi connectivity index (χ2n) is 17.4. The maximum absolute atomic E-state index is 13.4. The Morgan fingerprint density at radius 2 is 1.15 bits per heavy atom. The van der Waals surface area contributed by atoms with E-state index in [1.165, 1.54) is 13.0 Å². The van der Waals surface area contributed by atoms with Gasteiger partial charge in [-0.15, -0.1) is 0 Å². The molecule has 0 aromatic rings. The molecular weight excluding hydrogens is 612 g/mol. The average molecular weight is 681 g/mol. The van der Waals surface area contributed by atoms with Crippen LogP contribution in [0.25, 0.3) is 0 Å². The van der Waals surface area contributed by atoms with Crippen molar-refractivity contribution in [2.45, 2.75) is 158 Å². The molecule has 10 nitrogen and oxygen atoms in total. The van der Waals surface area contributed by atoms with Crippen molar-refractivity contribution in [2.24, 2.45) is 28.4 Å². The first kappa shape index (κ1) is 45.4. The Morgan fingerprint density at radius 1 is 0.708 bits per heavy atom. The minimum absolute atomic E-state index is 0.176. The molecule has 0 aromatic heterocycles. The molecule has 2 N–H and O–H groups in total. The van der Waals surface area contributed by atoms with Gasteiger partial charge in [0, 0.05) is 17.3 Å². The molecule has 0 aliphatic rings. The first-order valence-electron chi connectivity index (χ1n) is 17.3. The Kier molecular flexibility index (Phi) is 17.4. The number of hydrogen-bond donors (Lipinski definition) is 1. The van der Waals surface area contributed by atoms with Crippen LogP contribution in [-0.4, -0.2) is 77.9 Å². The summed E-state index contributed by atoms with van der Waals surface area (Å²) in [6, 6.07) is 0. The van der Waals surface area contributed by atoms with Gasteiger partial charge in [-0.3, -0.25) is 24.0 Å². The molecule has 0 fully saturated rings. The van der Waals surface area contributed by atoms with Crippen LogP contribution >= 0.6 is 0 Å². The van der Waals surface area contributed by atoms with Crippen LogP contribution in [0.5, 0.6) is 0 Å². The molecule has 10 heteroatoms. The minimum atomic E-state index is -1.56. The third-order valence-electron chi connectivity index (χ3n) is 8.08. The van der Waals surface area contributed by atoms with Gasteiger partial charge in [-0.25, -0.2) is 0 Å². The smallest absolute Gasteiger partial charge is 0.313 e. The van der Waals surface area contributed by atoms with E-state index >= 15 is 0 Å². The van der Waals surface area contributed by atoms with Crippen molar-refractivity contribution >= 4 is 29.5 Å². The third kappa shape index (κ3) is 18.2. The number of carbonyl (C=O) groups excluding carboxylic acids is 5. The van der Waals surface area contributed by atoms with E-state index in [9.17, 15) is 24.0 Å². The monoisotopic (exact) mass is 680 g/mol. The molecular formula is C38H68N2O8. The van der Waals surface area contributed by atoms with E-state index in [4.69, 9.17) is 19.9 Å². The number of nitrogens with zero attached hydrogens (tertiary/aromatic N) is 1. The van der Waals surface area contributed by atoms with Gasteiger partial charge in [-0.2, -0.15) is 0 Å². The molecule has 48 heavy (non-hydrogen) atoms. The van der Waals surface area contributed by atoms with Crippen LogP contribution in [0.15, 0.2) is 12.2 Å².